The van der Waals surface area contributed by atoms with E-state index < -0.39 is 11.9 Å². The van der Waals surface area contributed by atoms with Crippen LogP contribution in [0.2, 0.25) is 0 Å². The first kappa shape index (κ1) is 12.8. The van der Waals surface area contributed by atoms with Gasteiger partial charge >= 0.3 is 5.97 Å². The van der Waals surface area contributed by atoms with Gasteiger partial charge in [0.2, 0.25) is 0 Å². The van der Waals surface area contributed by atoms with Crippen molar-refractivity contribution in [3.05, 3.63) is 35.4 Å². The summed E-state index contributed by atoms with van der Waals surface area (Å²) in [6.07, 6.45) is 0.808. The molecule has 0 radical (unpaired) electrons. The van der Waals surface area contributed by atoms with Crippen LogP contribution in [0.25, 0.3) is 0 Å². The quantitative estimate of drug-likeness (QED) is 0.549. The van der Waals surface area contributed by atoms with Crippen LogP contribution in [-0.4, -0.2) is 22.1 Å². The Morgan fingerprint density at radius 2 is 2.00 bits per heavy atom. The number of hydrogen-bond donors (Lipinski definition) is 3. The number of anilines is 1. The van der Waals surface area contributed by atoms with Crippen LogP contribution in [0.1, 0.15) is 12.5 Å². The summed E-state index contributed by atoms with van der Waals surface area (Å²) >= 11 is 0. The lowest BCUT2D eigenvalue weighted by Gasteiger charge is -2.07. The Kier molecular flexibility index (Phi) is 3.87. The molecule has 0 heterocycles. The highest BCUT2D eigenvalue weighted by Gasteiger charge is 2.09. The van der Waals surface area contributed by atoms with Crippen molar-refractivity contribution >= 4 is 17.6 Å². The Bertz CT molecular complexity index is 491. The largest absolute Gasteiger partial charge is 0.506 e. The van der Waals surface area contributed by atoms with Gasteiger partial charge < -0.3 is 15.5 Å². The Morgan fingerprint density at radius 1 is 1.35 bits per heavy atom. The van der Waals surface area contributed by atoms with Gasteiger partial charge in [-0.15, -0.1) is 0 Å². The first-order valence-electron chi connectivity index (χ1n) is 4.92. The first-order chi connectivity index (χ1) is 7.90. The molecule has 1 amide bonds. The van der Waals surface area contributed by atoms with E-state index in [1.165, 1.54) is 13.0 Å². The van der Waals surface area contributed by atoms with Gasteiger partial charge in [0.05, 0.1) is 5.69 Å². The van der Waals surface area contributed by atoms with Crippen molar-refractivity contribution in [3.63, 3.8) is 0 Å². The number of amides is 1. The fourth-order valence-electron chi connectivity index (χ4n) is 1.22. The predicted molar refractivity (Wildman–Crippen MR) is 62.9 cm³/mol. The molecule has 0 aromatic heterocycles. The average Bonchev–Trinajstić information content (AvgIpc) is 2.22. The minimum Gasteiger partial charge on any atom is -0.506 e. The number of aromatic hydroxyl groups is 1. The number of nitrogens with one attached hydrogen (secondary N) is 1. The number of phenolic OH excluding ortho intramolecular Hbond substituents is 1. The molecule has 0 fully saturated rings. The fourth-order valence-corrected chi connectivity index (χ4v) is 1.22. The first-order valence-corrected chi connectivity index (χ1v) is 4.92. The van der Waals surface area contributed by atoms with Gasteiger partial charge in [-0.05, 0) is 31.5 Å². The summed E-state index contributed by atoms with van der Waals surface area (Å²) < 4.78 is 0. The third kappa shape index (κ3) is 3.64. The van der Waals surface area contributed by atoms with E-state index in [-0.39, 0.29) is 17.0 Å². The zero-order valence-corrected chi connectivity index (χ0v) is 9.52. The second-order valence-corrected chi connectivity index (χ2v) is 3.64. The number of rotatable bonds is 3. The lowest BCUT2D eigenvalue weighted by Crippen LogP contribution is -2.14. The van der Waals surface area contributed by atoms with Gasteiger partial charge in [0.1, 0.15) is 5.75 Å². The molecule has 5 nitrogen and oxygen atoms in total. The van der Waals surface area contributed by atoms with Gasteiger partial charge in [0.15, 0.2) is 0 Å². The number of benzene rings is 1. The third-order valence-electron chi connectivity index (χ3n) is 2.10. The van der Waals surface area contributed by atoms with E-state index in [1.807, 2.05) is 6.92 Å². The summed E-state index contributed by atoms with van der Waals surface area (Å²) in [5.74, 6) is -1.81. The van der Waals surface area contributed by atoms with Crippen LogP contribution in [-0.2, 0) is 9.59 Å². The molecule has 0 atom stereocenters. The highest BCUT2D eigenvalue weighted by Crippen LogP contribution is 2.24. The Morgan fingerprint density at radius 3 is 2.59 bits per heavy atom. The van der Waals surface area contributed by atoms with E-state index in [0.29, 0.717) is 0 Å². The van der Waals surface area contributed by atoms with E-state index in [0.717, 1.165) is 11.6 Å². The van der Waals surface area contributed by atoms with Crippen LogP contribution in [0.3, 0.4) is 0 Å². The summed E-state index contributed by atoms with van der Waals surface area (Å²) in [5, 5.41) is 20.4. The number of phenols is 1. The van der Waals surface area contributed by atoms with E-state index in [9.17, 15) is 14.7 Å². The average molecular weight is 235 g/mol. The number of hydrogen-bond acceptors (Lipinski definition) is 3. The number of carboxylic acids is 1. The summed E-state index contributed by atoms with van der Waals surface area (Å²) in [4.78, 5) is 21.9. The number of carbonyl (C=O) groups excluding carboxylic acids is 1. The number of carboxylic acid groups (broad SMARTS) is 1. The third-order valence-corrected chi connectivity index (χ3v) is 2.10. The van der Waals surface area contributed by atoms with Crippen molar-refractivity contribution in [2.75, 3.05) is 5.32 Å². The molecule has 0 spiro atoms. The molecule has 1 rings (SSSR count). The van der Waals surface area contributed by atoms with Gasteiger partial charge in [0.25, 0.3) is 5.91 Å². The van der Waals surface area contributed by atoms with Crippen molar-refractivity contribution in [1.82, 2.24) is 0 Å². The molecule has 0 saturated carbocycles. The summed E-state index contributed by atoms with van der Waals surface area (Å²) in [6.45, 7) is 3.20. The van der Waals surface area contributed by atoms with Crippen LogP contribution in [0.5, 0.6) is 5.75 Å². The van der Waals surface area contributed by atoms with Gasteiger partial charge in [-0.2, -0.15) is 0 Å². The van der Waals surface area contributed by atoms with E-state index in [1.54, 1.807) is 12.1 Å². The second kappa shape index (κ2) is 5.16. The van der Waals surface area contributed by atoms with Crippen molar-refractivity contribution in [2.45, 2.75) is 13.8 Å². The number of aryl methyl sites for hydroxylation is 1. The van der Waals surface area contributed by atoms with Gasteiger partial charge in [-0.3, -0.25) is 4.79 Å². The van der Waals surface area contributed by atoms with E-state index >= 15 is 0 Å². The van der Waals surface area contributed by atoms with Crippen molar-refractivity contribution < 1.29 is 19.8 Å². The van der Waals surface area contributed by atoms with Crippen LogP contribution < -0.4 is 5.32 Å². The summed E-state index contributed by atoms with van der Waals surface area (Å²) in [6, 6.07) is 4.76. The molecule has 0 aliphatic carbocycles. The van der Waals surface area contributed by atoms with Crippen molar-refractivity contribution in [2.24, 2.45) is 0 Å². The fraction of sp³-hybridized carbons (Fsp3) is 0.167. The molecule has 1 aromatic carbocycles. The molecular weight excluding hydrogens is 222 g/mol. The van der Waals surface area contributed by atoms with Crippen LogP contribution in [0.4, 0.5) is 5.69 Å². The molecule has 0 unspecified atom stereocenters. The van der Waals surface area contributed by atoms with Crippen LogP contribution in [0.15, 0.2) is 29.8 Å². The zero-order valence-electron chi connectivity index (χ0n) is 9.52. The highest BCUT2D eigenvalue weighted by atomic mass is 16.4. The molecule has 90 valence electrons. The molecule has 0 saturated heterocycles. The topological polar surface area (TPSA) is 86.6 Å². The van der Waals surface area contributed by atoms with Crippen molar-refractivity contribution in [3.8, 4) is 5.75 Å². The Balaban J connectivity index is 2.88. The second-order valence-electron chi connectivity index (χ2n) is 3.64. The minimum atomic E-state index is -1.19. The lowest BCUT2D eigenvalue weighted by molar-refractivity contribution is -0.131. The van der Waals surface area contributed by atoms with Gasteiger partial charge in [-0.1, -0.05) is 6.07 Å². The SMILES string of the molecule is C/C(=C/C(=O)O)C(=O)Nc1cc(C)ccc1O. The molecular formula is C12H13NO4. The highest BCUT2D eigenvalue weighted by molar-refractivity contribution is 6.06. The minimum absolute atomic E-state index is 0.0541. The maximum Gasteiger partial charge on any atom is 0.328 e. The van der Waals surface area contributed by atoms with Crippen molar-refractivity contribution in [1.29, 1.82) is 0 Å². The molecule has 3 N–H and O–H groups in total. The normalized spacial score (nSPS) is 11.1. The Labute approximate surface area is 98.4 Å². The summed E-state index contributed by atoms with van der Waals surface area (Å²) in [7, 11) is 0. The lowest BCUT2D eigenvalue weighted by atomic mass is 10.2. The molecule has 0 aliphatic rings. The predicted octanol–water partition coefficient (Wildman–Crippen LogP) is 1.67. The monoisotopic (exact) mass is 235 g/mol. The maximum absolute atomic E-state index is 11.6. The maximum atomic E-state index is 11.6. The smallest absolute Gasteiger partial charge is 0.328 e. The summed E-state index contributed by atoms with van der Waals surface area (Å²) in [5.41, 5.74) is 1.18. The molecule has 1 aromatic rings. The van der Waals surface area contributed by atoms with Crippen LogP contribution >= 0.6 is 0 Å². The van der Waals surface area contributed by atoms with E-state index in [2.05, 4.69) is 5.32 Å². The Hall–Kier alpha value is -2.30. The zero-order chi connectivity index (χ0) is 13.0. The molecule has 0 bridgehead atoms. The van der Waals surface area contributed by atoms with E-state index in [4.69, 9.17) is 5.11 Å². The van der Waals surface area contributed by atoms with Gasteiger partial charge in [0, 0.05) is 11.6 Å². The van der Waals surface area contributed by atoms with Gasteiger partial charge in [-0.25, -0.2) is 4.79 Å². The molecule has 0 aliphatic heterocycles. The molecule has 17 heavy (non-hydrogen) atoms. The van der Waals surface area contributed by atoms with Crippen LogP contribution in [0, 0.1) is 6.92 Å². The number of aliphatic carboxylic acids is 1. The molecule has 5 heteroatoms. The standard InChI is InChI=1S/C12H13NO4/c1-7-3-4-10(14)9(5-7)13-12(17)8(2)6-11(15)16/h3-6,14H,1-2H3,(H,13,17)(H,15,16)/b8-6-. The number of carbonyl (C=O) groups is 2.